The van der Waals surface area contributed by atoms with E-state index in [0.29, 0.717) is 11.6 Å². The van der Waals surface area contributed by atoms with Crippen LogP contribution in [0.5, 0.6) is 0 Å². The first kappa shape index (κ1) is 16.8. The SMILES string of the molecule is NCCCN1c2ccccc2N=C(c2ccccc2Cl)c2ccccc21. The minimum absolute atomic E-state index is 0.652. The van der Waals surface area contributed by atoms with Crippen molar-refractivity contribution in [3.8, 4) is 0 Å². The molecule has 0 fully saturated rings. The van der Waals surface area contributed by atoms with Crippen LogP contribution < -0.4 is 10.6 Å². The average molecular weight is 362 g/mol. The standard InChI is InChI=1S/C22H20ClN3/c23-18-10-3-1-8-16(18)22-17-9-2-5-12-20(17)26(15-7-14-24)21-13-6-4-11-19(21)25-22/h1-6,8-13H,7,14-15,24H2. The summed E-state index contributed by atoms with van der Waals surface area (Å²) in [6.45, 7) is 1.49. The number of nitrogens with two attached hydrogens (primary N) is 1. The smallest absolute Gasteiger partial charge is 0.0874 e. The Bertz CT molecular complexity index is 965. The van der Waals surface area contributed by atoms with E-state index >= 15 is 0 Å². The molecule has 0 amide bonds. The molecule has 0 aromatic heterocycles. The van der Waals surface area contributed by atoms with Gasteiger partial charge in [-0.2, -0.15) is 0 Å². The Morgan fingerprint density at radius 2 is 1.46 bits per heavy atom. The first-order chi connectivity index (χ1) is 12.8. The highest BCUT2D eigenvalue weighted by atomic mass is 35.5. The second kappa shape index (κ2) is 7.32. The Labute approximate surface area is 158 Å². The van der Waals surface area contributed by atoms with Crippen LogP contribution >= 0.6 is 11.6 Å². The minimum atomic E-state index is 0.652. The fourth-order valence-electron chi connectivity index (χ4n) is 3.36. The van der Waals surface area contributed by atoms with Crippen LogP contribution in [-0.4, -0.2) is 18.8 Å². The highest BCUT2D eigenvalue weighted by Crippen LogP contribution is 2.41. The third kappa shape index (κ3) is 3.00. The van der Waals surface area contributed by atoms with Crippen molar-refractivity contribution in [2.75, 3.05) is 18.0 Å². The van der Waals surface area contributed by atoms with E-state index in [2.05, 4.69) is 29.2 Å². The van der Waals surface area contributed by atoms with Crippen molar-refractivity contribution >= 4 is 34.4 Å². The van der Waals surface area contributed by atoms with Crippen LogP contribution in [0.1, 0.15) is 17.5 Å². The van der Waals surface area contributed by atoms with Gasteiger partial charge in [0, 0.05) is 22.7 Å². The number of halogens is 1. The molecule has 0 saturated heterocycles. The highest BCUT2D eigenvalue weighted by molar-refractivity contribution is 6.36. The van der Waals surface area contributed by atoms with Gasteiger partial charge >= 0.3 is 0 Å². The van der Waals surface area contributed by atoms with Crippen molar-refractivity contribution in [1.29, 1.82) is 0 Å². The molecule has 3 nitrogen and oxygen atoms in total. The number of hydrogen-bond acceptors (Lipinski definition) is 3. The average Bonchev–Trinajstić information content (AvgIpc) is 2.81. The van der Waals surface area contributed by atoms with Crippen LogP contribution in [0.2, 0.25) is 5.02 Å². The molecular weight excluding hydrogens is 342 g/mol. The van der Waals surface area contributed by atoms with Crippen LogP contribution in [0.15, 0.2) is 77.8 Å². The zero-order valence-electron chi connectivity index (χ0n) is 14.4. The number of para-hydroxylation sites is 3. The Kier molecular flexibility index (Phi) is 4.74. The molecule has 130 valence electrons. The lowest BCUT2D eigenvalue weighted by Crippen LogP contribution is -2.22. The lowest BCUT2D eigenvalue weighted by molar-refractivity contribution is 0.818. The molecule has 1 aliphatic heterocycles. The molecule has 4 rings (SSSR count). The van der Waals surface area contributed by atoms with E-state index in [1.54, 1.807) is 0 Å². The molecule has 1 heterocycles. The predicted molar refractivity (Wildman–Crippen MR) is 110 cm³/mol. The third-order valence-corrected chi connectivity index (χ3v) is 4.90. The van der Waals surface area contributed by atoms with Crippen molar-refractivity contribution in [2.45, 2.75) is 6.42 Å². The summed E-state index contributed by atoms with van der Waals surface area (Å²) in [7, 11) is 0. The van der Waals surface area contributed by atoms with E-state index in [1.165, 1.54) is 0 Å². The summed E-state index contributed by atoms with van der Waals surface area (Å²) >= 11 is 6.51. The Balaban J connectivity index is 1.98. The molecule has 4 heteroatoms. The van der Waals surface area contributed by atoms with Crippen molar-refractivity contribution in [3.63, 3.8) is 0 Å². The number of hydrogen-bond donors (Lipinski definition) is 1. The molecule has 1 aliphatic rings. The topological polar surface area (TPSA) is 41.6 Å². The number of rotatable bonds is 4. The molecule has 0 unspecified atom stereocenters. The van der Waals surface area contributed by atoms with Crippen molar-refractivity contribution in [2.24, 2.45) is 10.7 Å². The Morgan fingerprint density at radius 3 is 2.23 bits per heavy atom. The van der Waals surface area contributed by atoms with E-state index in [-0.39, 0.29) is 0 Å². The van der Waals surface area contributed by atoms with Gasteiger partial charge in [-0.15, -0.1) is 0 Å². The summed E-state index contributed by atoms with van der Waals surface area (Å²) in [5, 5.41) is 0.703. The lowest BCUT2D eigenvalue weighted by Gasteiger charge is -2.26. The summed E-state index contributed by atoms with van der Waals surface area (Å²) in [6.07, 6.45) is 0.907. The second-order valence-corrected chi connectivity index (χ2v) is 6.65. The van der Waals surface area contributed by atoms with Gasteiger partial charge in [0.15, 0.2) is 0 Å². The summed E-state index contributed by atoms with van der Waals surface area (Å²) < 4.78 is 0. The largest absolute Gasteiger partial charge is 0.339 e. The van der Waals surface area contributed by atoms with Crippen molar-refractivity contribution in [3.05, 3.63) is 88.9 Å². The van der Waals surface area contributed by atoms with E-state index in [9.17, 15) is 0 Å². The zero-order chi connectivity index (χ0) is 17.9. The fourth-order valence-corrected chi connectivity index (χ4v) is 3.58. The van der Waals surface area contributed by atoms with Crippen molar-refractivity contribution < 1.29 is 0 Å². The second-order valence-electron chi connectivity index (χ2n) is 6.24. The third-order valence-electron chi connectivity index (χ3n) is 4.57. The molecule has 3 aromatic carbocycles. The molecule has 0 spiro atoms. The first-order valence-corrected chi connectivity index (χ1v) is 9.17. The van der Waals surface area contributed by atoms with Gasteiger partial charge < -0.3 is 10.6 Å². The normalized spacial score (nSPS) is 12.8. The monoisotopic (exact) mass is 361 g/mol. The number of nitrogens with zero attached hydrogens (tertiary/aromatic N) is 2. The fraction of sp³-hybridized carbons (Fsp3) is 0.136. The maximum atomic E-state index is 6.51. The van der Waals surface area contributed by atoms with Gasteiger partial charge in [0.1, 0.15) is 0 Å². The van der Waals surface area contributed by atoms with E-state index in [1.807, 2.05) is 48.5 Å². The molecule has 0 bridgehead atoms. The summed E-state index contributed by atoms with van der Waals surface area (Å²) in [6, 6.07) is 24.5. The molecular formula is C22H20ClN3. The number of fused-ring (bicyclic) bond motifs is 2. The zero-order valence-corrected chi connectivity index (χ0v) is 15.2. The number of anilines is 2. The Morgan fingerprint density at radius 1 is 0.808 bits per heavy atom. The van der Waals surface area contributed by atoms with Gasteiger partial charge in [-0.3, -0.25) is 0 Å². The minimum Gasteiger partial charge on any atom is -0.339 e. The maximum absolute atomic E-state index is 6.51. The van der Waals surface area contributed by atoms with Crippen LogP contribution in [0.25, 0.3) is 0 Å². The van der Waals surface area contributed by atoms with Gasteiger partial charge in [-0.05, 0) is 37.2 Å². The number of aliphatic imine (C=N–C) groups is 1. The summed E-state index contributed by atoms with van der Waals surface area (Å²) in [4.78, 5) is 7.34. The van der Waals surface area contributed by atoms with E-state index < -0.39 is 0 Å². The van der Waals surface area contributed by atoms with Crippen LogP contribution in [0.3, 0.4) is 0 Å². The molecule has 0 aliphatic carbocycles. The quantitative estimate of drug-likeness (QED) is 0.684. The predicted octanol–water partition coefficient (Wildman–Crippen LogP) is 5.31. The molecule has 3 aromatic rings. The van der Waals surface area contributed by atoms with Gasteiger partial charge in [0.25, 0.3) is 0 Å². The van der Waals surface area contributed by atoms with Crippen LogP contribution in [0.4, 0.5) is 17.1 Å². The van der Waals surface area contributed by atoms with Crippen LogP contribution in [-0.2, 0) is 0 Å². The number of benzene rings is 3. The van der Waals surface area contributed by atoms with Gasteiger partial charge in [-0.1, -0.05) is 60.1 Å². The molecule has 0 atom stereocenters. The van der Waals surface area contributed by atoms with E-state index in [0.717, 1.165) is 46.9 Å². The molecule has 26 heavy (non-hydrogen) atoms. The van der Waals surface area contributed by atoms with Crippen molar-refractivity contribution in [1.82, 2.24) is 0 Å². The molecule has 0 saturated carbocycles. The van der Waals surface area contributed by atoms with Gasteiger partial charge in [0.2, 0.25) is 0 Å². The lowest BCUT2D eigenvalue weighted by atomic mass is 10.00. The molecule has 2 N–H and O–H groups in total. The van der Waals surface area contributed by atoms with E-state index in [4.69, 9.17) is 22.3 Å². The summed E-state index contributed by atoms with van der Waals surface area (Å²) in [5.41, 5.74) is 11.9. The Hall–Kier alpha value is -2.62. The summed E-state index contributed by atoms with van der Waals surface area (Å²) in [5.74, 6) is 0. The first-order valence-electron chi connectivity index (χ1n) is 8.79. The van der Waals surface area contributed by atoms with Gasteiger partial charge in [0.05, 0.1) is 22.8 Å². The highest BCUT2D eigenvalue weighted by Gasteiger charge is 2.24. The van der Waals surface area contributed by atoms with Gasteiger partial charge in [-0.25, -0.2) is 4.99 Å². The van der Waals surface area contributed by atoms with Crippen LogP contribution in [0, 0.1) is 0 Å². The molecule has 0 radical (unpaired) electrons. The maximum Gasteiger partial charge on any atom is 0.0874 e.